The molecule has 31 heavy (non-hydrogen) atoms. The molecule has 1 aliphatic rings. The van der Waals surface area contributed by atoms with Crippen molar-refractivity contribution < 1.29 is 14.4 Å². The molecule has 0 spiro atoms. The van der Waals surface area contributed by atoms with Crippen molar-refractivity contribution in [3.05, 3.63) is 107 Å². The molecule has 1 fully saturated rings. The summed E-state index contributed by atoms with van der Waals surface area (Å²) < 4.78 is 0. The van der Waals surface area contributed by atoms with E-state index in [1.165, 1.54) is 0 Å². The number of hydrogen-bond donors (Lipinski definition) is 1. The zero-order chi connectivity index (χ0) is 22.0. The largest absolute Gasteiger partial charge is 0.325 e. The molecule has 1 atom stereocenters. The number of nitrogens with one attached hydrogen (secondary N) is 1. The average Bonchev–Trinajstić information content (AvgIpc) is 3.00. The molecule has 5 nitrogen and oxygen atoms in total. The summed E-state index contributed by atoms with van der Waals surface area (Å²) in [5.74, 6) is -0.671. The van der Waals surface area contributed by atoms with E-state index < -0.39 is 17.5 Å². The van der Waals surface area contributed by atoms with Crippen LogP contribution >= 0.6 is 0 Å². The molecule has 3 aromatic carbocycles. The van der Waals surface area contributed by atoms with E-state index in [1.807, 2.05) is 86.6 Å². The Morgan fingerprint density at radius 2 is 1.55 bits per heavy atom. The van der Waals surface area contributed by atoms with Crippen molar-refractivity contribution in [1.82, 2.24) is 10.2 Å². The lowest BCUT2D eigenvalue weighted by molar-refractivity contribution is -0.131. The van der Waals surface area contributed by atoms with Gasteiger partial charge >= 0.3 is 6.03 Å². The molecule has 0 aromatic heterocycles. The van der Waals surface area contributed by atoms with Crippen LogP contribution in [0.3, 0.4) is 0 Å². The van der Waals surface area contributed by atoms with E-state index in [2.05, 4.69) is 5.32 Å². The van der Waals surface area contributed by atoms with Crippen LogP contribution in [0.4, 0.5) is 4.79 Å². The average molecular weight is 412 g/mol. The van der Waals surface area contributed by atoms with Gasteiger partial charge in [-0.1, -0.05) is 84.4 Å². The molecule has 4 rings (SSSR count). The number of Topliss-reactive ketones (excluding diaryl/α,β-unsaturated/α-hetero) is 1. The van der Waals surface area contributed by atoms with Gasteiger partial charge in [-0.15, -0.1) is 0 Å². The summed E-state index contributed by atoms with van der Waals surface area (Å²) in [6.07, 6.45) is 0.302. The lowest BCUT2D eigenvalue weighted by Crippen LogP contribution is -2.46. The van der Waals surface area contributed by atoms with Gasteiger partial charge in [0, 0.05) is 12.0 Å². The molecule has 3 amide bonds. The molecular weight excluding hydrogens is 388 g/mol. The van der Waals surface area contributed by atoms with Gasteiger partial charge in [0.15, 0.2) is 11.3 Å². The number of urea groups is 1. The zero-order valence-electron chi connectivity index (χ0n) is 17.6. The normalized spacial score (nSPS) is 18.2. The summed E-state index contributed by atoms with van der Waals surface area (Å²) in [4.78, 5) is 40.5. The maximum Gasteiger partial charge on any atom is 0.325 e. The fraction of sp³-hybridized carbons (Fsp3) is 0.192. The van der Waals surface area contributed by atoms with Crippen molar-refractivity contribution in [2.24, 2.45) is 0 Å². The highest BCUT2D eigenvalue weighted by Gasteiger charge is 2.52. The molecule has 5 heteroatoms. The zero-order valence-corrected chi connectivity index (χ0v) is 17.6. The van der Waals surface area contributed by atoms with E-state index >= 15 is 0 Å². The molecule has 0 unspecified atom stereocenters. The SMILES string of the molecule is Cc1ccc(C(=O)CN2C(=O)N[C@@](Cc3ccccc3)(c3ccccc3)C2=O)c(C)c1. The van der Waals surface area contributed by atoms with Crippen molar-refractivity contribution in [1.29, 1.82) is 0 Å². The maximum absolute atomic E-state index is 13.6. The second-order valence-corrected chi connectivity index (χ2v) is 8.00. The Morgan fingerprint density at radius 3 is 2.19 bits per heavy atom. The van der Waals surface area contributed by atoms with Crippen LogP contribution in [0.15, 0.2) is 78.9 Å². The van der Waals surface area contributed by atoms with E-state index in [1.54, 1.807) is 6.07 Å². The fourth-order valence-electron chi connectivity index (χ4n) is 4.17. The van der Waals surface area contributed by atoms with Gasteiger partial charge in [0.1, 0.15) is 0 Å². The number of rotatable bonds is 6. The lowest BCUT2D eigenvalue weighted by Gasteiger charge is -2.27. The number of carbonyl (C=O) groups is 3. The smallest absolute Gasteiger partial charge is 0.319 e. The van der Waals surface area contributed by atoms with Gasteiger partial charge in [0.25, 0.3) is 5.91 Å². The highest BCUT2D eigenvalue weighted by molar-refractivity contribution is 6.11. The maximum atomic E-state index is 13.6. The first kappa shape index (κ1) is 20.5. The fourth-order valence-corrected chi connectivity index (χ4v) is 4.17. The Labute approximate surface area is 181 Å². The molecule has 0 saturated carbocycles. The summed E-state index contributed by atoms with van der Waals surface area (Å²) >= 11 is 0. The first-order chi connectivity index (χ1) is 14.9. The summed E-state index contributed by atoms with van der Waals surface area (Å²) in [5, 5.41) is 2.90. The standard InChI is InChI=1S/C26H24N2O3/c1-18-13-14-22(19(2)15-18)23(29)17-28-24(30)26(27-25(28)31,21-11-7-4-8-12-21)16-20-9-5-3-6-10-20/h3-15H,16-17H2,1-2H3,(H,27,31)/t26-/m0/s1. The summed E-state index contributed by atoms with van der Waals surface area (Å²) in [5.41, 5.74) is 2.76. The number of aryl methyl sites for hydroxylation is 2. The number of carbonyl (C=O) groups excluding carboxylic acids is 3. The lowest BCUT2D eigenvalue weighted by atomic mass is 9.83. The topological polar surface area (TPSA) is 66.5 Å². The molecule has 1 heterocycles. The Hall–Kier alpha value is -3.73. The van der Waals surface area contributed by atoms with Crippen molar-refractivity contribution in [3.63, 3.8) is 0 Å². The van der Waals surface area contributed by atoms with Crippen LogP contribution in [0.2, 0.25) is 0 Å². The quantitative estimate of drug-likeness (QED) is 0.488. The van der Waals surface area contributed by atoms with Crippen LogP contribution in [0.1, 0.15) is 32.6 Å². The molecule has 0 radical (unpaired) electrons. The highest BCUT2D eigenvalue weighted by atomic mass is 16.2. The second-order valence-electron chi connectivity index (χ2n) is 8.00. The number of benzene rings is 3. The Kier molecular flexibility index (Phi) is 5.42. The van der Waals surface area contributed by atoms with E-state index in [0.717, 1.165) is 21.6 Å². The monoisotopic (exact) mass is 412 g/mol. The van der Waals surface area contributed by atoms with Gasteiger partial charge in [-0.25, -0.2) is 4.79 Å². The number of hydrogen-bond acceptors (Lipinski definition) is 3. The van der Waals surface area contributed by atoms with Gasteiger partial charge < -0.3 is 5.32 Å². The van der Waals surface area contributed by atoms with Crippen LogP contribution < -0.4 is 5.32 Å². The Morgan fingerprint density at radius 1 is 0.903 bits per heavy atom. The molecule has 1 aliphatic heterocycles. The van der Waals surface area contributed by atoms with Crippen LogP contribution in [0.25, 0.3) is 0 Å². The van der Waals surface area contributed by atoms with Crippen molar-refractivity contribution in [3.8, 4) is 0 Å². The molecule has 1 N–H and O–H groups in total. The Balaban J connectivity index is 1.68. The van der Waals surface area contributed by atoms with Crippen molar-refractivity contribution in [2.45, 2.75) is 25.8 Å². The Bertz CT molecular complexity index is 1140. The summed E-state index contributed by atoms with van der Waals surface area (Å²) in [7, 11) is 0. The number of ketones is 1. The number of amides is 3. The van der Waals surface area contributed by atoms with Crippen LogP contribution in [-0.2, 0) is 16.8 Å². The van der Waals surface area contributed by atoms with Crippen LogP contribution in [0, 0.1) is 13.8 Å². The van der Waals surface area contributed by atoms with Crippen molar-refractivity contribution >= 4 is 17.7 Å². The summed E-state index contributed by atoms with van der Waals surface area (Å²) in [6.45, 7) is 3.52. The molecule has 1 saturated heterocycles. The second kappa shape index (κ2) is 8.19. The minimum absolute atomic E-state index is 0.260. The first-order valence-electron chi connectivity index (χ1n) is 10.2. The third-order valence-corrected chi connectivity index (χ3v) is 5.74. The third kappa shape index (κ3) is 3.87. The van der Waals surface area contributed by atoms with Crippen molar-refractivity contribution in [2.75, 3.05) is 6.54 Å². The summed E-state index contributed by atoms with van der Waals surface area (Å²) in [6, 6.07) is 23.7. The third-order valence-electron chi connectivity index (χ3n) is 5.74. The van der Waals surface area contributed by atoms with E-state index in [9.17, 15) is 14.4 Å². The molecular formula is C26H24N2O3. The minimum Gasteiger partial charge on any atom is -0.319 e. The molecule has 0 aliphatic carbocycles. The predicted octanol–water partition coefficient (Wildman–Crippen LogP) is 4.18. The molecule has 156 valence electrons. The van der Waals surface area contributed by atoms with E-state index in [0.29, 0.717) is 17.5 Å². The van der Waals surface area contributed by atoms with E-state index in [-0.39, 0.29) is 12.3 Å². The number of nitrogens with zero attached hydrogens (tertiary/aromatic N) is 1. The van der Waals surface area contributed by atoms with Gasteiger partial charge in [0.2, 0.25) is 0 Å². The molecule has 0 bridgehead atoms. The van der Waals surface area contributed by atoms with Gasteiger partial charge in [0.05, 0.1) is 6.54 Å². The van der Waals surface area contributed by atoms with Crippen LogP contribution in [-0.4, -0.2) is 29.2 Å². The highest BCUT2D eigenvalue weighted by Crippen LogP contribution is 2.33. The molecule has 3 aromatic rings. The predicted molar refractivity (Wildman–Crippen MR) is 119 cm³/mol. The van der Waals surface area contributed by atoms with Crippen LogP contribution in [0.5, 0.6) is 0 Å². The minimum atomic E-state index is -1.25. The van der Waals surface area contributed by atoms with Gasteiger partial charge in [-0.05, 0) is 30.5 Å². The van der Waals surface area contributed by atoms with E-state index in [4.69, 9.17) is 0 Å². The van der Waals surface area contributed by atoms with Gasteiger partial charge in [-0.2, -0.15) is 0 Å². The van der Waals surface area contributed by atoms with Gasteiger partial charge in [-0.3, -0.25) is 14.5 Å². The first-order valence-corrected chi connectivity index (χ1v) is 10.2. The number of imide groups is 1.